The van der Waals surface area contributed by atoms with Crippen LogP contribution in [0.5, 0.6) is 0 Å². The van der Waals surface area contributed by atoms with Gasteiger partial charge < -0.3 is 5.32 Å². The molecule has 0 saturated heterocycles. The fourth-order valence-electron chi connectivity index (χ4n) is 1.66. The molecule has 1 aromatic heterocycles. The van der Waals surface area contributed by atoms with Crippen LogP contribution in [0.3, 0.4) is 0 Å². The summed E-state index contributed by atoms with van der Waals surface area (Å²) in [6.07, 6.45) is 0. The summed E-state index contributed by atoms with van der Waals surface area (Å²) < 4.78 is 1.72. The lowest BCUT2D eigenvalue weighted by atomic mass is 10.1. The first-order valence-corrected chi connectivity index (χ1v) is 6.53. The van der Waals surface area contributed by atoms with Crippen LogP contribution in [0, 0.1) is 6.92 Å². The Kier molecular flexibility index (Phi) is 3.87. The molecule has 1 heterocycles. The quantitative estimate of drug-likeness (QED) is 0.938. The van der Waals surface area contributed by atoms with Gasteiger partial charge >= 0.3 is 0 Å². The van der Waals surface area contributed by atoms with E-state index in [0.717, 1.165) is 17.1 Å². The zero-order chi connectivity index (χ0) is 14.0. The highest BCUT2D eigenvalue weighted by Crippen LogP contribution is 2.19. The Morgan fingerprint density at radius 3 is 2.74 bits per heavy atom. The molecule has 2 aromatic rings. The van der Waals surface area contributed by atoms with E-state index in [1.54, 1.807) is 4.68 Å². The molecule has 102 valence electrons. The minimum atomic E-state index is 0.0140. The van der Waals surface area contributed by atoms with E-state index in [1.165, 1.54) is 0 Å². The number of aromatic nitrogens is 4. The lowest BCUT2D eigenvalue weighted by molar-refractivity contribution is 0.415. The van der Waals surface area contributed by atoms with E-state index in [-0.39, 0.29) is 5.54 Å². The minimum Gasteiger partial charge on any atom is -0.305 e. The van der Waals surface area contributed by atoms with Crippen LogP contribution in [0.15, 0.2) is 18.2 Å². The average Bonchev–Trinajstić information content (AvgIpc) is 2.77. The van der Waals surface area contributed by atoms with Crippen LogP contribution in [-0.4, -0.2) is 25.7 Å². The van der Waals surface area contributed by atoms with Gasteiger partial charge in [0, 0.05) is 10.6 Å². The van der Waals surface area contributed by atoms with Crippen molar-refractivity contribution in [3.05, 3.63) is 34.6 Å². The number of halogens is 1. The Morgan fingerprint density at radius 1 is 1.32 bits per heavy atom. The van der Waals surface area contributed by atoms with E-state index in [0.29, 0.717) is 11.6 Å². The predicted octanol–water partition coefficient (Wildman–Crippen LogP) is 2.51. The van der Waals surface area contributed by atoms with Gasteiger partial charge in [-0.15, -0.1) is 5.10 Å². The topological polar surface area (TPSA) is 55.6 Å². The van der Waals surface area contributed by atoms with E-state index in [4.69, 9.17) is 11.6 Å². The van der Waals surface area contributed by atoms with Gasteiger partial charge in [-0.1, -0.05) is 17.7 Å². The van der Waals surface area contributed by atoms with E-state index in [2.05, 4.69) is 41.6 Å². The van der Waals surface area contributed by atoms with Crippen LogP contribution in [0.2, 0.25) is 5.02 Å². The fourth-order valence-corrected chi connectivity index (χ4v) is 1.82. The molecule has 0 unspecified atom stereocenters. The molecule has 0 bridgehead atoms. The van der Waals surface area contributed by atoms with Crippen molar-refractivity contribution in [2.45, 2.75) is 39.8 Å². The molecule has 0 radical (unpaired) electrons. The monoisotopic (exact) mass is 279 g/mol. The number of nitrogens with one attached hydrogen (secondary N) is 1. The molecule has 0 spiro atoms. The number of aryl methyl sites for hydroxylation is 1. The molecule has 0 saturated carbocycles. The summed E-state index contributed by atoms with van der Waals surface area (Å²) in [7, 11) is 0. The van der Waals surface area contributed by atoms with Gasteiger partial charge in [-0.05, 0) is 55.8 Å². The third kappa shape index (κ3) is 3.52. The lowest BCUT2D eigenvalue weighted by Gasteiger charge is -2.20. The summed E-state index contributed by atoms with van der Waals surface area (Å²) in [6.45, 7) is 8.92. The number of nitrogens with zero attached hydrogens (tertiary/aromatic N) is 4. The highest BCUT2D eigenvalue weighted by Gasteiger charge is 2.14. The van der Waals surface area contributed by atoms with Crippen molar-refractivity contribution in [1.82, 2.24) is 25.5 Å². The van der Waals surface area contributed by atoms with Gasteiger partial charge in [0.2, 0.25) is 0 Å². The summed E-state index contributed by atoms with van der Waals surface area (Å²) in [5.41, 5.74) is 2.00. The van der Waals surface area contributed by atoms with E-state index in [9.17, 15) is 0 Å². The van der Waals surface area contributed by atoms with E-state index < -0.39 is 0 Å². The Hall–Kier alpha value is -1.46. The minimum absolute atomic E-state index is 0.0140. The van der Waals surface area contributed by atoms with Crippen molar-refractivity contribution >= 4 is 11.6 Å². The first kappa shape index (κ1) is 14.0. The first-order chi connectivity index (χ1) is 8.87. The smallest absolute Gasteiger partial charge is 0.170 e. The molecule has 5 nitrogen and oxygen atoms in total. The Balaban J connectivity index is 2.31. The number of hydrogen-bond donors (Lipinski definition) is 1. The second kappa shape index (κ2) is 5.27. The van der Waals surface area contributed by atoms with Crippen molar-refractivity contribution in [2.24, 2.45) is 0 Å². The molecule has 6 heteroatoms. The molecule has 0 atom stereocenters. The van der Waals surface area contributed by atoms with Crippen LogP contribution in [0.1, 0.15) is 32.2 Å². The van der Waals surface area contributed by atoms with Gasteiger partial charge in [0.05, 0.1) is 12.2 Å². The Labute approximate surface area is 118 Å². The normalized spacial score (nSPS) is 11.8. The Morgan fingerprint density at radius 2 is 2.05 bits per heavy atom. The van der Waals surface area contributed by atoms with Gasteiger partial charge in [-0.3, -0.25) is 0 Å². The average molecular weight is 280 g/mol. The zero-order valence-electron chi connectivity index (χ0n) is 11.6. The molecule has 0 amide bonds. The van der Waals surface area contributed by atoms with Crippen molar-refractivity contribution < 1.29 is 0 Å². The molecule has 0 aliphatic rings. The molecule has 19 heavy (non-hydrogen) atoms. The van der Waals surface area contributed by atoms with Crippen molar-refractivity contribution in [1.29, 1.82) is 0 Å². The Bertz CT molecular complexity index is 571. The van der Waals surface area contributed by atoms with Crippen molar-refractivity contribution in [3.63, 3.8) is 0 Å². The van der Waals surface area contributed by atoms with Crippen LogP contribution in [0.25, 0.3) is 5.69 Å². The molecule has 1 N–H and O–H groups in total. The molecular weight excluding hydrogens is 262 g/mol. The van der Waals surface area contributed by atoms with E-state index >= 15 is 0 Å². The molecule has 1 aromatic carbocycles. The maximum Gasteiger partial charge on any atom is 0.170 e. The number of benzene rings is 1. The molecule has 0 aliphatic heterocycles. The van der Waals surface area contributed by atoms with Gasteiger partial charge in [-0.25, -0.2) is 0 Å². The number of tetrazole rings is 1. The van der Waals surface area contributed by atoms with Crippen molar-refractivity contribution in [3.8, 4) is 5.69 Å². The fraction of sp³-hybridized carbons (Fsp3) is 0.462. The SMILES string of the molecule is Cc1ccc(Cl)cc1-n1nnnc1CNC(C)(C)C. The van der Waals surface area contributed by atoms with Gasteiger partial charge in [0.1, 0.15) is 0 Å². The summed E-state index contributed by atoms with van der Waals surface area (Å²) in [5, 5.41) is 15.9. The van der Waals surface area contributed by atoms with Crippen LogP contribution >= 0.6 is 11.6 Å². The van der Waals surface area contributed by atoms with Crippen LogP contribution < -0.4 is 5.32 Å². The first-order valence-electron chi connectivity index (χ1n) is 6.15. The van der Waals surface area contributed by atoms with Crippen LogP contribution in [-0.2, 0) is 6.54 Å². The second-order valence-electron chi connectivity index (χ2n) is 5.54. The van der Waals surface area contributed by atoms with Gasteiger partial charge in [0.15, 0.2) is 5.82 Å². The van der Waals surface area contributed by atoms with E-state index in [1.807, 2.05) is 25.1 Å². The molecule has 0 aliphatic carbocycles. The third-order valence-electron chi connectivity index (χ3n) is 2.71. The maximum absolute atomic E-state index is 6.04. The predicted molar refractivity (Wildman–Crippen MR) is 75.5 cm³/mol. The summed E-state index contributed by atoms with van der Waals surface area (Å²) in [5.74, 6) is 0.764. The molecule has 0 fully saturated rings. The lowest BCUT2D eigenvalue weighted by Crippen LogP contribution is -2.36. The largest absolute Gasteiger partial charge is 0.305 e. The standard InChI is InChI=1S/C13H18ClN5/c1-9-5-6-10(14)7-11(9)19-12(16-17-18-19)8-15-13(2,3)4/h5-7,15H,8H2,1-4H3. The maximum atomic E-state index is 6.04. The summed E-state index contributed by atoms with van der Waals surface area (Å²) in [4.78, 5) is 0. The summed E-state index contributed by atoms with van der Waals surface area (Å²) in [6, 6.07) is 5.69. The molecule has 2 rings (SSSR count). The van der Waals surface area contributed by atoms with Gasteiger partial charge in [0.25, 0.3) is 0 Å². The number of rotatable bonds is 3. The molecular formula is C13H18ClN5. The number of hydrogen-bond acceptors (Lipinski definition) is 4. The van der Waals surface area contributed by atoms with Crippen LogP contribution in [0.4, 0.5) is 0 Å². The second-order valence-corrected chi connectivity index (χ2v) is 5.98. The highest BCUT2D eigenvalue weighted by molar-refractivity contribution is 6.30. The summed E-state index contributed by atoms with van der Waals surface area (Å²) >= 11 is 6.04. The van der Waals surface area contributed by atoms with Gasteiger partial charge in [-0.2, -0.15) is 4.68 Å². The van der Waals surface area contributed by atoms with Crippen molar-refractivity contribution in [2.75, 3.05) is 0 Å². The zero-order valence-corrected chi connectivity index (χ0v) is 12.4. The highest BCUT2D eigenvalue weighted by atomic mass is 35.5. The third-order valence-corrected chi connectivity index (χ3v) is 2.95.